The zero-order chi connectivity index (χ0) is 11.8. The Morgan fingerprint density at radius 1 is 1.12 bits per heavy atom. The van der Waals surface area contributed by atoms with E-state index in [-0.39, 0.29) is 6.10 Å². The lowest BCUT2D eigenvalue weighted by Crippen LogP contribution is -2.14. The van der Waals surface area contributed by atoms with Crippen LogP contribution in [0.25, 0.3) is 0 Å². The molecule has 0 fully saturated rings. The summed E-state index contributed by atoms with van der Waals surface area (Å²) in [7, 11) is 0. The highest BCUT2D eigenvalue weighted by Gasteiger charge is 2.07. The van der Waals surface area contributed by atoms with Gasteiger partial charge in [-0.3, -0.25) is 0 Å². The minimum absolute atomic E-state index is 0.195. The maximum atomic E-state index is 5.77. The lowest BCUT2D eigenvalue weighted by molar-refractivity contribution is 0.251. The fraction of sp³-hybridized carbons (Fsp3) is 0.333. The summed E-state index contributed by atoms with van der Waals surface area (Å²) >= 11 is 0. The number of para-hydroxylation sites is 1. The van der Waals surface area contributed by atoms with Crippen molar-refractivity contribution in [2.45, 2.75) is 33.3 Å². The summed E-state index contributed by atoms with van der Waals surface area (Å²) in [6, 6.07) is 9.94. The molecular formula is C15H20O. The first kappa shape index (κ1) is 12.6. The third-order valence-electron chi connectivity index (χ3n) is 2.28. The Kier molecular flexibility index (Phi) is 5.41. The van der Waals surface area contributed by atoms with Crippen LogP contribution in [0.2, 0.25) is 0 Å². The molecule has 0 saturated heterocycles. The lowest BCUT2D eigenvalue weighted by atomic mass is 10.1. The van der Waals surface area contributed by atoms with E-state index in [9.17, 15) is 0 Å². The van der Waals surface area contributed by atoms with Crippen molar-refractivity contribution in [3.05, 3.63) is 54.1 Å². The van der Waals surface area contributed by atoms with Gasteiger partial charge in [0.1, 0.15) is 11.9 Å². The summed E-state index contributed by atoms with van der Waals surface area (Å²) in [4.78, 5) is 0. The zero-order valence-electron chi connectivity index (χ0n) is 10.3. The number of hydrogen-bond donors (Lipinski definition) is 0. The molecule has 1 aliphatic rings. The number of benzene rings is 1. The number of ether oxygens (including phenoxy) is 1. The second-order valence-corrected chi connectivity index (χ2v) is 3.51. The fourth-order valence-corrected chi connectivity index (χ4v) is 1.47. The predicted molar refractivity (Wildman–Crippen MR) is 69.7 cm³/mol. The lowest BCUT2D eigenvalue weighted by Gasteiger charge is -2.16. The molecule has 1 aromatic carbocycles. The predicted octanol–water partition coefficient (Wildman–Crippen LogP) is 4.37. The van der Waals surface area contributed by atoms with Crippen LogP contribution in [-0.2, 0) is 0 Å². The van der Waals surface area contributed by atoms with E-state index in [1.54, 1.807) is 0 Å². The van der Waals surface area contributed by atoms with E-state index in [0.29, 0.717) is 0 Å². The van der Waals surface area contributed by atoms with Gasteiger partial charge in [0.2, 0.25) is 0 Å². The Bertz CT molecular complexity index is 349. The quantitative estimate of drug-likeness (QED) is 0.713. The first-order valence-corrected chi connectivity index (χ1v) is 5.91. The zero-order valence-corrected chi connectivity index (χ0v) is 10.3. The smallest absolute Gasteiger partial charge is 0.121 e. The van der Waals surface area contributed by atoms with Crippen LogP contribution in [0.5, 0.6) is 5.75 Å². The Balaban J connectivity index is 0.000000606. The molecule has 1 aliphatic carbocycles. The molecule has 0 bridgehead atoms. The Morgan fingerprint density at radius 3 is 2.38 bits per heavy atom. The molecule has 0 N–H and O–H groups in total. The Morgan fingerprint density at radius 2 is 1.81 bits per heavy atom. The summed E-state index contributed by atoms with van der Waals surface area (Å²) in [5, 5.41) is 0. The van der Waals surface area contributed by atoms with Gasteiger partial charge in [0.05, 0.1) is 0 Å². The first-order chi connectivity index (χ1) is 7.84. The van der Waals surface area contributed by atoms with Crippen molar-refractivity contribution in [2.24, 2.45) is 0 Å². The summed E-state index contributed by atoms with van der Waals surface area (Å²) in [5.41, 5.74) is 1.32. The van der Waals surface area contributed by atoms with Gasteiger partial charge in [-0.2, -0.15) is 0 Å². The van der Waals surface area contributed by atoms with Crippen LogP contribution in [0, 0.1) is 0 Å². The molecule has 1 atom stereocenters. The highest BCUT2D eigenvalue weighted by molar-refractivity contribution is 5.26. The molecule has 0 amide bonds. The van der Waals surface area contributed by atoms with Gasteiger partial charge in [-0.25, -0.2) is 0 Å². The number of hydrogen-bond acceptors (Lipinski definition) is 1. The number of allylic oxidation sites excluding steroid dienone is 2. The molecule has 1 aromatic rings. The van der Waals surface area contributed by atoms with Crippen LogP contribution in [-0.4, -0.2) is 6.10 Å². The monoisotopic (exact) mass is 216 g/mol. The maximum absolute atomic E-state index is 5.77. The van der Waals surface area contributed by atoms with E-state index in [4.69, 9.17) is 4.74 Å². The average molecular weight is 216 g/mol. The topological polar surface area (TPSA) is 9.23 Å². The van der Waals surface area contributed by atoms with Crippen molar-refractivity contribution < 1.29 is 4.74 Å². The van der Waals surface area contributed by atoms with Gasteiger partial charge in [0.25, 0.3) is 0 Å². The minimum Gasteiger partial charge on any atom is -0.486 e. The molecule has 0 heterocycles. The van der Waals surface area contributed by atoms with Gasteiger partial charge in [-0.1, -0.05) is 49.8 Å². The van der Waals surface area contributed by atoms with Gasteiger partial charge >= 0.3 is 0 Å². The standard InChI is InChI=1S/C13H14O.C2H6/c1-11-7-9-13(10-8-11)14-12-5-3-2-4-6-12;1-2/h2-9,13H,10H2,1H3;1-2H3. The van der Waals surface area contributed by atoms with Crippen molar-refractivity contribution in [3.8, 4) is 5.75 Å². The van der Waals surface area contributed by atoms with Crippen molar-refractivity contribution in [2.75, 3.05) is 0 Å². The van der Waals surface area contributed by atoms with E-state index in [1.807, 2.05) is 44.2 Å². The van der Waals surface area contributed by atoms with Crippen LogP contribution in [0.1, 0.15) is 27.2 Å². The maximum Gasteiger partial charge on any atom is 0.121 e. The molecule has 0 radical (unpaired) electrons. The molecule has 0 aromatic heterocycles. The minimum atomic E-state index is 0.195. The molecule has 0 aliphatic heterocycles. The van der Waals surface area contributed by atoms with Crippen LogP contribution in [0.15, 0.2) is 54.1 Å². The van der Waals surface area contributed by atoms with Crippen LogP contribution in [0.4, 0.5) is 0 Å². The SMILES string of the molecule is CC.CC1=CCC(Oc2ccccc2)C=C1. The van der Waals surface area contributed by atoms with Crippen LogP contribution < -0.4 is 4.74 Å². The summed E-state index contributed by atoms with van der Waals surface area (Å²) in [6.07, 6.45) is 7.59. The molecule has 0 saturated carbocycles. The summed E-state index contributed by atoms with van der Waals surface area (Å²) in [5.74, 6) is 0.940. The van der Waals surface area contributed by atoms with E-state index in [0.717, 1.165) is 12.2 Å². The van der Waals surface area contributed by atoms with E-state index >= 15 is 0 Å². The van der Waals surface area contributed by atoms with Crippen molar-refractivity contribution in [1.29, 1.82) is 0 Å². The van der Waals surface area contributed by atoms with Crippen molar-refractivity contribution in [3.63, 3.8) is 0 Å². The second kappa shape index (κ2) is 6.89. The molecular weight excluding hydrogens is 196 g/mol. The third-order valence-corrected chi connectivity index (χ3v) is 2.28. The van der Waals surface area contributed by atoms with E-state index < -0.39 is 0 Å². The fourth-order valence-electron chi connectivity index (χ4n) is 1.47. The molecule has 1 heteroatoms. The van der Waals surface area contributed by atoms with Gasteiger partial charge in [0.15, 0.2) is 0 Å². The van der Waals surface area contributed by atoms with E-state index in [2.05, 4.69) is 25.2 Å². The van der Waals surface area contributed by atoms with Gasteiger partial charge in [0, 0.05) is 6.42 Å². The van der Waals surface area contributed by atoms with Crippen LogP contribution >= 0.6 is 0 Å². The molecule has 0 spiro atoms. The highest BCUT2D eigenvalue weighted by atomic mass is 16.5. The molecule has 2 rings (SSSR count). The van der Waals surface area contributed by atoms with Crippen molar-refractivity contribution >= 4 is 0 Å². The van der Waals surface area contributed by atoms with Gasteiger partial charge < -0.3 is 4.74 Å². The van der Waals surface area contributed by atoms with Crippen LogP contribution in [0.3, 0.4) is 0 Å². The largest absolute Gasteiger partial charge is 0.486 e. The van der Waals surface area contributed by atoms with Crippen molar-refractivity contribution in [1.82, 2.24) is 0 Å². The molecule has 1 nitrogen and oxygen atoms in total. The average Bonchev–Trinajstić information content (AvgIpc) is 2.36. The summed E-state index contributed by atoms with van der Waals surface area (Å²) in [6.45, 7) is 6.11. The Labute approximate surface area is 98.5 Å². The number of rotatable bonds is 2. The first-order valence-electron chi connectivity index (χ1n) is 5.91. The Hall–Kier alpha value is -1.50. The van der Waals surface area contributed by atoms with E-state index in [1.165, 1.54) is 5.57 Å². The molecule has 86 valence electrons. The van der Waals surface area contributed by atoms with Gasteiger partial charge in [-0.05, 0) is 25.1 Å². The second-order valence-electron chi connectivity index (χ2n) is 3.51. The van der Waals surface area contributed by atoms with Gasteiger partial charge in [-0.15, -0.1) is 0 Å². The normalized spacial score (nSPS) is 18.2. The molecule has 16 heavy (non-hydrogen) atoms. The third kappa shape index (κ3) is 3.93. The summed E-state index contributed by atoms with van der Waals surface area (Å²) < 4.78 is 5.77. The highest BCUT2D eigenvalue weighted by Crippen LogP contribution is 2.17. The molecule has 1 unspecified atom stereocenters.